The van der Waals surface area contributed by atoms with Gasteiger partial charge in [0, 0.05) is 25.6 Å². The van der Waals surface area contributed by atoms with Crippen molar-refractivity contribution in [2.24, 2.45) is 5.92 Å². The molecule has 2 fully saturated rings. The van der Waals surface area contributed by atoms with E-state index in [2.05, 4.69) is 5.32 Å². The van der Waals surface area contributed by atoms with Gasteiger partial charge in [0.1, 0.15) is 6.04 Å². The standard InChI is InChI=1S/C14H24N2O4/c17-9-7-11(13(18)19)15-14(20)16-8-3-6-12(16)10-4-1-2-5-10/h10-12,17H,1-9H2,(H,15,20)(H,18,19)/t11-,12?/m0/s1. The lowest BCUT2D eigenvalue weighted by Gasteiger charge is -2.30. The van der Waals surface area contributed by atoms with Gasteiger partial charge in [-0.25, -0.2) is 9.59 Å². The zero-order valence-corrected chi connectivity index (χ0v) is 11.8. The fourth-order valence-electron chi connectivity index (χ4n) is 3.50. The Bertz CT molecular complexity index is 355. The summed E-state index contributed by atoms with van der Waals surface area (Å²) in [4.78, 5) is 25.1. The molecule has 1 saturated carbocycles. The summed E-state index contributed by atoms with van der Waals surface area (Å²) < 4.78 is 0. The number of carboxylic acids is 1. The van der Waals surface area contributed by atoms with Crippen molar-refractivity contribution in [2.45, 2.75) is 57.0 Å². The van der Waals surface area contributed by atoms with E-state index in [1.807, 2.05) is 4.90 Å². The van der Waals surface area contributed by atoms with Gasteiger partial charge in [-0.15, -0.1) is 0 Å². The summed E-state index contributed by atoms with van der Waals surface area (Å²) in [5, 5.41) is 20.4. The summed E-state index contributed by atoms with van der Waals surface area (Å²) in [6.45, 7) is 0.460. The van der Waals surface area contributed by atoms with E-state index in [4.69, 9.17) is 10.2 Å². The Hall–Kier alpha value is -1.30. The van der Waals surface area contributed by atoms with Crippen molar-refractivity contribution in [3.8, 4) is 0 Å². The average molecular weight is 284 g/mol. The Morgan fingerprint density at radius 3 is 2.50 bits per heavy atom. The molecule has 1 aliphatic carbocycles. The molecule has 2 atom stereocenters. The zero-order chi connectivity index (χ0) is 14.5. The van der Waals surface area contributed by atoms with Crippen LogP contribution in [-0.2, 0) is 4.79 Å². The Kier molecular flexibility index (Phi) is 5.23. The number of nitrogens with zero attached hydrogens (tertiary/aromatic N) is 1. The van der Waals surface area contributed by atoms with Gasteiger partial charge in [-0.2, -0.15) is 0 Å². The maximum absolute atomic E-state index is 12.3. The van der Waals surface area contributed by atoms with Crippen LogP contribution in [0.25, 0.3) is 0 Å². The molecule has 0 aromatic rings. The van der Waals surface area contributed by atoms with Crippen molar-refractivity contribution in [3.63, 3.8) is 0 Å². The van der Waals surface area contributed by atoms with Crippen LogP contribution in [0.15, 0.2) is 0 Å². The molecular formula is C14H24N2O4. The van der Waals surface area contributed by atoms with Crippen LogP contribution in [0.1, 0.15) is 44.9 Å². The molecule has 6 heteroatoms. The first-order valence-corrected chi connectivity index (χ1v) is 7.54. The van der Waals surface area contributed by atoms with Gasteiger partial charge >= 0.3 is 12.0 Å². The molecule has 20 heavy (non-hydrogen) atoms. The lowest BCUT2D eigenvalue weighted by Crippen LogP contribution is -2.51. The van der Waals surface area contributed by atoms with E-state index in [1.165, 1.54) is 25.7 Å². The van der Waals surface area contributed by atoms with Crippen LogP contribution < -0.4 is 5.32 Å². The fraction of sp³-hybridized carbons (Fsp3) is 0.857. The number of carboxylic acid groups (broad SMARTS) is 1. The van der Waals surface area contributed by atoms with Gasteiger partial charge in [0.25, 0.3) is 0 Å². The first-order valence-electron chi connectivity index (χ1n) is 7.54. The monoisotopic (exact) mass is 284 g/mol. The average Bonchev–Trinajstić information content (AvgIpc) is 3.08. The molecule has 2 amide bonds. The highest BCUT2D eigenvalue weighted by molar-refractivity contribution is 5.82. The molecule has 1 unspecified atom stereocenters. The molecule has 0 aromatic carbocycles. The number of aliphatic hydroxyl groups excluding tert-OH is 1. The number of likely N-dealkylation sites (tertiary alicyclic amines) is 1. The summed E-state index contributed by atoms with van der Waals surface area (Å²) in [6.07, 6.45) is 6.88. The highest BCUT2D eigenvalue weighted by Gasteiger charge is 2.36. The van der Waals surface area contributed by atoms with Crippen molar-refractivity contribution in [2.75, 3.05) is 13.2 Å². The molecule has 1 heterocycles. The Labute approximate surface area is 119 Å². The lowest BCUT2D eigenvalue weighted by atomic mass is 9.96. The maximum atomic E-state index is 12.3. The third-order valence-electron chi connectivity index (χ3n) is 4.52. The Morgan fingerprint density at radius 2 is 1.90 bits per heavy atom. The van der Waals surface area contributed by atoms with Crippen molar-refractivity contribution in [1.29, 1.82) is 0 Å². The van der Waals surface area contributed by atoms with Gasteiger partial charge in [0.15, 0.2) is 0 Å². The van der Waals surface area contributed by atoms with E-state index in [0.717, 1.165) is 12.8 Å². The molecule has 0 aromatic heterocycles. The van der Waals surface area contributed by atoms with E-state index < -0.39 is 12.0 Å². The summed E-state index contributed by atoms with van der Waals surface area (Å²) >= 11 is 0. The van der Waals surface area contributed by atoms with Gasteiger partial charge in [-0.3, -0.25) is 0 Å². The van der Waals surface area contributed by atoms with Gasteiger partial charge in [0.2, 0.25) is 0 Å². The van der Waals surface area contributed by atoms with Gasteiger partial charge < -0.3 is 20.4 Å². The highest BCUT2D eigenvalue weighted by Crippen LogP contribution is 2.35. The van der Waals surface area contributed by atoms with E-state index in [1.54, 1.807) is 0 Å². The van der Waals surface area contributed by atoms with Crippen molar-refractivity contribution < 1.29 is 19.8 Å². The van der Waals surface area contributed by atoms with Crippen LogP contribution in [0, 0.1) is 5.92 Å². The van der Waals surface area contributed by atoms with Crippen LogP contribution in [0.4, 0.5) is 4.79 Å². The molecule has 1 aliphatic heterocycles. The summed E-state index contributed by atoms with van der Waals surface area (Å²) in [7, 11) is 0. The first-order chi connectivity index (χ1) is 9.63. The second-order valence-electron chi connectivity index (χ2n) is 5.80. The number of aliphatic hydroxyl groups is 1. The number of hydrogen-bond donors (Lipinski definition) is 3. The molecule has 1 saturated heterocycles. The fourth-order valence-corrected chi connectivity index (χ4v) is 3.50. The van der Waals surface area contributed by atoms with E-state index in [9.17, 15) is 9.59 Å². The van der Waals surface area contributed by atoms with Crippen LogP contribution >= 0.6 is 0 Å². The minimum Gasteiger partial charge on any atom is -0.480 e. The summed E-state index contributed by atoms with van der Waals surface area (Å²) in [6, 6.07) is -1.03. The maximum Gasteiger partial charge on any atom is 0.326 e. The highest BCUT2D eigenvalue weighted by atomic mass is 16.4. The number of rotatable bonds is 5. The third kappa shape index (κ3) is 3.42. The number of nitrogens with one attached hydrogen (secondary N) is 1. The first kappa shape index (κ1) is 15.1. The molecule has 6 nitrogen and oxygen atoms in total. The van der Waals surface area contributed by atoms with Crippen LogP contribution in [0.3, 0.4) is 0 Å². The Balaban J connectivity index is 1.94. The predicted molar refractivity (Wildman–Crippen MR) is 73.3 cm³/mol. The molecule has 0 spiro atoms. The van der Waals surface area contributed by atoms with Gasteiger partial charge in [-0.1, -0.05) is 12.8 Å². The Morgan fingerprint density at radius 1 is 1.20 bits per heavy atom. The second kappa shape index (κ2) is 6.92. The normalized spacial score (nSPS) is 24.9. The summed E-state index contributed by atoms with van der Waals surface area (Å²) in [5.41, 5.74) is 0. The lowest BCUT2D eigenvalue weighted by molar-refractivity contribution is -0.139. The van der Waals surface area contributed by atoms with Crippen LogP contribution in [-0.4, -0.2) is 52.3 Å². The topological polar surface area (TPSA) is 89.9 Å². The van der Waals surface area contributed by atoms with Crippen LogP contribution in [0.5, 0.6) is 0 Å². The predicted octanol–water partition coefficient (Wildman–Crippen LogP) is 1.19. The quantitative estimate of drug-likeness (QED) is 0.707. The molecule has 114 valence electrons. The number of carbonyl (C=O) groups is 2. The zero-order valence-electron chi connectivity index (χ0n) is 11.8. The van der Waals surface area contributed by atoms with E-state index in [0.29, 0.717) is 12.5 Å². The smallest absolute Gasteiger partial charge is 0.326 e. The number of aliphatic carboxylic acids is 1. The molecule has 0 bridgehead atoms. The van der Waals surface area contributed by atoms with Crippen molar-refractivity contribution >= 4 is 12.0 Å². The number of carbonyl (C=O) groups excluding carboxylic acids is 1. The van der Waals surface area contributed by atoms with E-state index >= 15 is 0 Å². The molecular weight excluding hydrogens is 260 g/mol. The minimum absolute atomic E-state index is 0.0447. The largest absolute Gasteiger partial charge is 0.480 e. The number of amides is 2. The molecule has 2 rings (SSSR count). The number of hydrogen-bond acceptors (Lipinski definition) is 3. The SMILES string of the molecule is O=C(O)[C@H](CCO)NC(=O)N1CCCC1C1CCCC1. The summed E-state index contributed by atoms with van der Waals surface area (Å²) in [5.74, 6) is -0.520. The molecule has 3 N–H and O–H groups in total. The van der Waals surface area contributed by atoms with Crippen molar-refractivity contribution in [3.05, 3.63) is 0 Å². The third-order valence-corrected chi connectivity index (χ3v) is 4.52. The van der Waals surface area contributed by atoms with Crippen LogP contribution in [0.2, 0.25) is 0 Å². The molecule has 2 aliphatic rings. The second-order valence-corrected chi connectivity index (χ2v) is 5.80. The molecule has 0 radical (unpaired) electrons. The number of urea groups is 1. The minimum atomic E-state index is -1.09. The van der Waals surface area contributed by atoms with E-state index in [-0.39, 0.29) is 25.1 Å². The van der Waals surface area contributed by atoms with Gasteiger partial charge in [0.05, 0.1) is 0 Å². The van der Waals surface area contributed by atoms with Gasteiger partial charge in [-0.05, 0) is 31.6 Å². The van der Waals surface area contributed by atoms with Crippen molar-refractivity contribution in [1.82, 2.24) is 10.2 Å².